The number of amides is 1. The van der Waals surface area contributed by atoms with Crippen LogP contribution in [0.4, 0.5) is 4.39 Å². The first-order valence-corrected chi connectivity index (χ1v) is 6.95. The van der Waals surface area contributed by atoms with Gasteiger partial charge in [0.25, 0.3) is 5.91 Å². The number of nitrogens with one attached hydrogen (secondary N) is 2. The molecular weight excluding hydrogens is 259 g/mol. The van der Waals surface area contributed by atoms with Gasteiger partial charge in [0.1, 0.15) is 11.6 Å². The van der Waals surface area contributed by atoms with Crippen LogP contribution in [-0.4, -0.2) is 28.5 Å². The molecule has 1 unspecified atom stereocenters. The van der Waals surface area contributed by atoms with Gasteiger partial charge in [-0.15, -0.1) is 0 Å². The third-order valence-electron chi connectivity index (χ3n) is 4.07. The lowest BCUT2D eigenvalue weighted by Gasteiger charge is -2.12. The molecule has 2 N–H and O–H groups in total. The van der Waals surface area contributed by atoms with Crippen LogP contribution in [0.1, 0.15) is 35.1 Å². The minimum Gasteiger partial charge on any atom is -0.350 e. The van der Waals surface area contributed by atoms with Crippen LogP contribution >= 0.6 is 0 Å². The highest BCUT2D eigenvalue weighted by Crippen LogP contribution is 2.29. The van der Waals surface area contributed by atoms with E-state index in [2.05, 4.69) is 20.2 Å². The molecule has 6 heteroatoms. The molecule has 2 aromatic rings. The number of rotatable bonds is 1. The molecule has 1 saturated heterocycles. The van der Waals surface area contributed by atoms with Gasteiger partial charge in [-0.1, -0.05) is 0 Å². The van der Waals surface area contributed by atoms with E-state index in [0.29, 0.717) is 24.2 Å². The van der Waals surface area contributed by atoms with Gasteiger partial charge < -0.3 is 15.2 Å². The second kappa shape index (κ2) is 4.28. The highest BCUT2D eigenvalue weighted by Gasteiger charge is 2.27. The SMILES string of the molecule is O=C1NCCn2c(C3CCCN3)nc3cc(F)cc1c32. The quantitative estimate of drug-likeness (QED) is 0.825. The summed E-state index contributed by atoms with van der Waals surface area (Å²) in [5.41, 5.74) is 1.71. The fraction of sp³-hybridized carbons (Fsp3) is 0.429. The molecule has 1 aromatic carbocycles. The molecular formula is C14H15FN4O. The van der Waals surface area contributed by atoms with Crippen LogP contribution in [0.5, 0.6) is 0 Å². The zero-order chi connectivity index (χ0) is 13.7. The first kappa shape index (κ1) is 11.8. The standard InChI is InChI=1S/C14H15FN4O/c15-8-6-9-12-11(7-8)18-13(10-2-1-3-16-10)19(12)5-4-17-14(9)20/h6-7,10,16H,1-5H2,(H,17,20). The summed E-state index contributed by atoms with van der Waals surface area (Å²) in [6.45, 7) is 2.20. The predicted molar refractivity (Wildman–Crippen MR) is 72.0 cm³/mol. The van der Waals surface area contributed by atoms with Crippen molar-refractivity contribution < 1.29 is 9.18 Å². The normalized spacial score (nSPS) is 22.1. The maximum Gasteiger partial charge on any atom is 0.253 e. The minimum absolute atomic E-state index is 0.200. The Morgan fingerprint density at radius 3 is 3.05 bits per heavy atom. The summed E-state index contributed by atoms with van der Waals surface area (Å²) < 4.78 is 15.7. The van der Waals surface area contributed by atoms with Gasteiger partial charge >= 0.3 is 0 Å². The number of carbonyl (C=O) groups is 1. The zero-order valence-electron chi connectivity index (χ0n) is 10.9. The molecule has 2 aliphatic rings. The maximum atomic E-state index is 13.7. The largest absolute Gasteiger partial charge is 0.350 e. The average molecular weight is 274 g/mol. The van der Waals surface area contributed by atoms with E-state index in [9.17, 15) is 9.18 Å². The Morgan fingerprint density at radius 1 is 1.35 bits per heavy atom. The molecule has 0 saturated carbocycles. The lowest BCUT2D eigenvalue weighted by Crippen LogP contribution is -2.25. The smallest absolute Gasteiger partial charge is 0.253 e. The Morgan fingerprint density at radius 2 is 2.25 bits per heavy atom. The zero-order valence-corrected chi connectivity index (χ0v) is 10.9. The van der Waals surface area contributed by atoms with Gasteiger partial charge in [-0.2, -0.15) is 0 Å². The summed E-state index contributed by atoms with van der Waals surface area (Å²) >= 11 is 0. The van der Waals surface area contributed by atoms with Crippen molar-refractivity contribution in [2.45, 2.75) is 25.4 Å². The van der Waals surface area contributed by atoms with Crippen molar-refractivity contribution in [2.75, 3.05) is 13.1 Å². The third-order valence-corrected chi connectivity index (χ3v) is 4.07. The molecule has 5 nitrogen and oxygen atoms in total. The number of imidazole rings is 1. The van der Waals surface area contributed by atoms with Crippen molar-refractivity contribution >= 4 is 16.9 Å². The fourth-order valence-electron chi connectivity index (χ4n) is 3.20. The second-order valence-electron chi connectivity index (χ2n) is 5.35. The average Bonchev–Trinajstić information content (AvgIpc) is 3.01. The molecule has 20 heavy (non-hydrogen) atoms. The minimum atomic E-state index is -0.417. The molecule has 0 spiro atoms. The van der Waals surface area contributed by atoms with Crippen LogP contribution in [0.2, 0.25) is 0 Å². The molecule has 0 radical (unpaired) electrons. The topological polar surface area (TPSA) is 59.0 Å². The monoisotopic (exact) mass is 274 g/mol. The van der Waals surface area contributed by atoms with Crippen LogP contribution in [0.3, 0.4) is 0 Å². The Kier molecular flexibility index (Phi) is 2.53. The maximum absolute atomic E-state index is 13.7. The lowest BCUT2D eigenvalue weighted by molar-refractivity contribution is 0.0956. The molecule has 2 aliphatic heterocycles. The van der Waals surface area contributed by atoms with Gasteiger partial charge in [-0.05, 0) is 25.5 Å². The number of aromatic nitrogens is 2. The number of hydrogen-bond donors (Lipinski definition) is 2. The Labute approximate surface area is 115 Å². The Bertz CT molecular complexity index is 703. The number of benzene rings is 1. The summed E-state index contributed by atoms with van der Waals surface area (Å²) in [4.78, 5) is 16.6. The first-order valence-electron chi connectivity index (χ1n) is 6.95. The summed E-state index contributed by atoms with van der Waals surface area (Å²) in [5.74, 6) is 0.278. The summed E-state index contributed by atoms with van der Waals surface area (Å²) in [6, 6.07) is 2.91. The molecule has 1 atom stereocenters. The van der Waals surface area contributed by atoms with Gasteiger partial charge in [0.15, 0.2) is 0 Å². The van der Waals surface area contributed by atoms with E-state index in [-0.39, 0.29) is 11.9 Å². The molecule has 0 aliphatic carbocycles. The van der Waals surface area contributed by atoms with E-state index < -0.39 is 5.82 Å². The number of nitrogens with zero attached hydrogens (tertiary/aromatic N) is 2. The third kappa shape index (κ3) is 1.64. The molecule has 1 amide bonds. The predicted octanol–water partition coefficient (Wildman–Crippen LogP) is 1.34. The van der Waals surface area contributed by atoms with Crippen LogP contribution < -0.4 is 10.6 Å². The van der Waals surface area contributed by atoms with Crippen LogP contribution in [0, 0.1) is 5.82 Å². The number of halogens is 1. The van der Waals surface area contributed by atoms with E-state index in [1.165, 1.54) is 12.1 Å². The van der Waals surface area contributed by atoms with Gasteiger partial charge in [0.2, 0.25) is 0 Å². The Hall–Kier alpha value is -1.95. The lowest BCUT2D eigenvalue weighted by atomic mass is 10.1. The van der Waals surface area contributed by atoms with E-state index in [0.717, 1.165) is 30.7 Å². The highest BCUT2D eigenvalue weighted by atomic mass is 19.1. The van der Waals surface area contributed by atoms with Crippen LogP contribution in [0.25, 0.3) is 11.0 Å². The molecule has 0 bridgehead atoms. The van der Waals surface area contributed by atoms with Crippen LogP contribution in [0.15, 0.2) is 12.1 Å². The molecule has 1 fully saturated rings. The molecule has 4 rings (SSSR count). The second-order valence-corrected chi connectivity index (χ2v) is 5.35. The summed E-state index contributed by atoms with van der Waals surface area (Å²) in [6.07, 6.45) is 2.15. The van der Waals surface area contributed by atoms with E-state index in [1.54, 1.807) is 0 Å². The van der Waals surface area contributed by atoms with Crippen molar-refractivity contribution in [2.24, 2.45) is 0 Å². The summed E-state index contributed by atoms with van der Waals surface area (Å²) in [7, 11) is 0. The van der Waals surface area contributed by atoms with Crippen LogP contribution in [-0.2, 0) is 6.54 Å². The fourth-order valence-corrected chi connectivity index (χ4v) is 3.20. The summed E-state index contributed by atoms with van der Waals surface area (Å²) in [5, 5.41) is 6.22. The Balaban J connectivity index is 2.00. The number of carbonyl (C=O) groups excluding carboxylic acids is 1. The van der Waals surface area contributed by atoms with Gasteiger partial charge in [-0.25, -0.2) is 9.37 Å². The van der Waals surface area contributed by atoms with Gasteiger partial charge in [-0.3, -0.25) is 4.79 Å². The molecule has 1 aromatic heterocycles. The van der Waals surface area contributed by atoms with Gasteiger partial charge in [0.05, 0.1) is 22.6 Å². The van der Waals surface area contributed by atoms with Crippen molar-refractivity contribution in [1.82, 2.24) is 20.2 Å². The van der Waals surface area contributed by atoms with E-state index in [1.807, 2.05) is 0 Å². The highest BCUT2D eigenvalue weighted by molar-refractivity contribution is 6.05. The number of hydrogen-bond acceptors (Lipinski definition) is 3. The van der Waals surface area contributed by atoms with Crippen molar-refractivity contribution in [3.05, 3.63) is 29.3 Å². The molecule has 104 valence electrons. The van der Waals surface area contributed by atoms with E-state index >= 15 is 0 Å². The first-order chi connectivity index (χ1) is 9.74. The van der Waals surface area contributed by atoms with Crippen molar-refractivity contribution in [1.29, 1.82) is 0 Å². The van der Waals surface area contributed by atoms with Crippen molar-refractivity contribution in [3.8, 4) is 0 Å². The van der Waals surface area contributed by atoms with E-state index in [4.69, 9.17) is 0 Å². The molecule has 3 heterocycles. The van der Waals surface area contributed by atoms with Crippen molar-refractivity contribution in [3.63, 3.8) is 0 Å². The van der Waals surface area contributed by atoms with Gasteiger partial charge in [0, 0.05) is 19.2 Å².